The highest BCUT2D eigenvalue weighted by Crippen LogP contribution is 2.19. The van der Waals surface area contributed by atoms with Gasteiger partial charge < -0.3 is 10.0 Å². The zero-order valence-electron chi connectivity index (χ0n) is 8.64. The second-order valence-electron chi connectivity index (χ2n) is 3.71. The fraction of sp³-hybridized carbons (Fsp3) is 0.500. The van der Waals surface area contributed by atoms with E-state index in [2.05, 4.69) is 9.97 Å². The Morgan fingerprint density at radius 1 is 1.50 bits per heavy atom. The molecule has 1 N–H and O–H groups in total. The molecule has 1 aromatic heterocycles. The molecule has 5 nitrogen and oxygen atoms in total. The summed E-state index contributed by atoms with van der Waals surface area (Å²) in [7, 11) is 0. The van der Waals surface area contributed by atoms with Crippen LogP contribution < -0.4 is 4.90 Å². The fourth-order valence-electron chi connectivity index (χ4n) is 1.71. The Hall–Kier alpha value is -1.72. The minimum absolute atomic E-state index is 0.222. The molecule has 1 aliphatic heterocycles. The van der Waals surface area contributed by atoms with Crippen molar-refractivity contribution in [3.63, 3.8) is 0 Å². The smallest absolute Gasteiger partial charge is 0.374 e. The molecule has 0 unspecified atom stereocenters. The minimum atomic E-state index is -1.15. The number of piperidine rings is 1. The lowest BCUT2D eigenvalue weighted by Crippen LogP contribution is -2.35. The maximum absolute atomic E-state index is 12.9. The van der Waals surface area contributed by atoms with E-state index >= 15 is 0 Å². The minimum Gasteiger partial charge on any atom is -0.475 e. The number of carboxylic acids is 1. The normalized spacial score (nSPS) is 17.4. The van der Waals surface area contributed by atoms with Crippen LogP contribution in [0.25, 0.3) is 0 Å². The van der Waals surface area contributed by atoms with Crippen LogP contribution in [-0.4, -0.2) is 40.3 Å². The lowest BCUT2D eigenvalue weighted by Gasteiger charge is -2.29. The van der Waals surface area contributed by atoms with Gasteiger partial charge in [-0.2, -0.15) is 0 Å². The molecular weight excluding hydrogens is 213 g/mol. The largest absolute Gasteiger partial charge is 0.475 e. The lowest BCUT2D eigenvalue weighted by molar-refractivity contribution is 0.0683. The second kappa shape index (κ2) is 4.42. The van der Waals surface area contributed by atoms with Crippen molar-refractivity contribution in [1.29, 1.82) is 0 Å². The van der Waals surface area contributed by atoms with Gasteiger partial charge in [0, 0.05) is 19.3 Å². The number of carboxylic acid groups (broad SMARTS) is 1. The summed E-state index contributed by atoms with van der Waals surface area (Å²) >= 11 is 0. The van der Waals surface area contributed by atoms with E-state index in [0.29, 0.717) is 31.7 Å². The molecule has 2 heterocycles. The van der Waals surface area contributed by atoms with E-state index in [0.717, 1.165) is 0 Å². The van der Waals surface area contributed by atoms with Crippen molar-refractivity contribution in [3.8, 4) is 0 Å². The number of alkyl halides is 1. The van der Waals surface area contributed by atoms with Gasteiger partial charge in [-0.25, -0.2) is 19.2 Å². The number of halogens is 1. The zero-order valence-corrected chi connectivity index (χ0v) is 8.64. The highest BCUT2D eigenvalue weighted by molar-refractivity contribution is 5.83. The molecule has 16 heavy (non-hydrogen) atoms. The van der Waals surface area contributed by atoms with Gasteiger partial charge in [-0.1, -0.05) is 0 Å². The van der Waals surface area contributed by atoms with Crippen molar-refractivity contribution < 1.29 is 14.3 Å². The standard InChI is InChI=1S/C10H12FN3O2/c11-7-2-5-14(6-3-7)8-1-4-12-9(13-8)10(15)16/h1,4,7H,2-3,5-6H2,(H,15,16). The van der Waals surface area contributed by atoms with Crippen LogP contribution in [0.4, 0.5) is 10.2 Å². The molecule has 0 saturated carbocycles. The SMILES string of the molecule is O=C(O)c1nccc(N2CCC(F)CC2)n1. The Bertz CT molecular complexity index is 391. The van der Waals surface area contributed by atoms with Gasteiger partial charge in [0.15, 0.2) is 0 Å². The first-order valence-electron chi connectivity index (χ1n) is 5.12. The molecule has 0 aliphatic carbocycles. The summed E-state index contributed by atoms with van der Waals surface area (Å²) in [5.74, 6) is -0.818. The van der Waals surface area contributed by atoms with Crippen molar-refractivity contribution in [2.75, 3.05) is 18.0 Å². The van der Waals surface area contributed by atoms with Crippen LogP contribution in [0.3, 0.4) is 0 Å². The van der Waals surface area contributed by atoms with Crippen LogP contribution in [0, 0.1) is 0 Å². The van der Waals surface area contributed by atoms with Gasteiger partial charge in [-0.3, -0.25) is 0 Å². The number of hydrogen-bond donors (Lipinski definition) is 1. The van der Waals surface area contributed by atoms with E-state index in [1.165, 1.54) is 6.20 Å². The number of nitrogens with zero attached hydrogens (tertiary/aromatic N) is 3. The summed E-state index contributed by atoms with van der Waals surface area (Å²) in [5.41, 5.74) is 0. The average Bonchev–Trinajstić information content (AvgIpc) is 2.30. The average molecular weight is 225 g/mol. The van der Waals surface area contributed by atoms with Gasteiger partial charge in [-0.05, 0) is 18.9 Å². The molecule has 2 rings (SSSR count). The maximum Gasteiger partial charge on any atom is 0.374 e. The van der Waals surface area contributed by atoms with Gasteiger partial charge in [0.05, 0.1) is 0 Å². The molecule has 0 radical (unpaired) electrons. The Morgan fingerprint density at radius 2 is 2.19 bits per heavy atom. The van der Waals surface area contributed by atoms with Gasteiger partial charge in [0.2, 0.25) is 5.82 Å². The number of anilines is 1. The zero-order chi connectivity index (χ0) is 11.5. The van der Waals surface area contributed by atoms with E-state index < -0.39 is 12.1 Å². The summed E-state index contributed by atoms with van der Waals surface area (Å²) in [6.07, 6.45) is 1.59. The van der Waals surface area contributed by atoms with Crippen molar-refractivity contribution >= 4 is 11.8 Å². The molecule has 0 bridgehead atoms. The van der Waals surface area contributed by atoms with E-state index in [4.69, 9.17) is 5.11 Å². The Kier molecular flexibility index (Phi) is 2.98. The predicted octanol–water partition coefficient (Wildman–Crippen LogP) is 1.11. The van der Waals surface area contributed by atoms with Crippen LogP contribution in [0.2, 0.25) is 0 Å². The van der Waals surface area contributed by atoms with Crippen LogP contribution in [0.1, 0.15) is 23.5 Å². The molecule has 6 heteroatoms. The van der Waals surface area contributed by atoms with Crippen molar-refractivity contribution in [3.05, 3.63) is 18.1 Å². The first kappa shape index (κ1) is 10.8. The van der Waals surface area contributed by atoms with E-state index in [1.54, 1.807) is 6.07 Å². The summed E-state index contributed by atoms with van der Waals surface area (Å²) in [5, 5.41) is 8.75. The molecule has 1 saturated heterocycles. The third-order valence-corrected chi connectivity index (χ3v) is 2.58. The van der Waals surface area contributed by atoms with Crippen molar-refractivity contribution in [2.45, 2.75) is 19.0 Å². The topological polar surface area (TPSA) is 66.3 Å². The summed E-state index contributed by atoms with van der Waals surface area (Å²) in [4.78, 5) is 20.1. The molecule has 1 aliphatic rings. The second-order valence-corrected chi connectivity index (χ2v) is 3.71. The molecule has 86 valence electrons. The number of hydrogen-bond acceptors (Lipinski definition) is 4. The first-order valence-corrected chi connectivity index (χ1v) is 5.12. The first-order chi connectivity index (χ1) is 7.66. The summed E-state index contributed by atoms with van der Waals surface area (Å²) in [6.45, 7) is 1.13. The summed E-state index contributed by atoms with van der Waals surface area (Å²) < 4.78 is 12.9. The number of aromatic carboxylic acids is 1. The Balaban J connectivity index is 2.14. The molecule has 0 aromatic carbocycles. The molecule has 0 spiro atoms. The van der Waals surface area contributed by atoms with Crippen LogP contribution in [0.15, 0.2) is 12.3 Å². The maximum atomic E-state index is 12.9. The molecular formula is C10H12FN3O2. The monoisotopic (exact) mass is 225 g/mol. The number of aromatic nitrogens is 2. The third-order valence-electron chi connectivity index (χ3n) is 2.58. The Labute approximate surface area is 91.9 Å². The molecule has 0 amide bonds. The van der Waals surface area contributed by atoms with Gasteiger partial charge >= 0.3 is 5.97 Å². The van der Waals surface area contributed by atoms with E-state index in [9.17, 15) is 9.18 Å². The van der Waals surface area contributed by atoms with E-state index in [1.807, 2.05) is 4.90 Å². The lowest BCUT2D eigenvalue weighted by atomic mass is 10.1. The predicted molar refractivity (Wildman–Crippen MR) is 55.3 cm³/mol. The van der Waals surface area contributed by atoms with Gasteiger partial charge in [-0.15, -0.1) is 0 Å². The third kappa shape index (κ3) is 2.26. The highest BCUT2D eigenvalue weighted by atomic mass is 19.1. The number of rotatable bonds is 2. The highest BCUT2D eigenvalue weighted by Gasteiger charge is 2.20. The molecule has 1 fully saturated rings. The van der Waals surface area contributed by atoms with Crippen molar-refractivity contribution in [2.24, 2.45) is 0 Å². The molecule has 0 atom stereocenters. The quantitative estimate of drug-likeness (QED) is 0.816. The fourth-order valence-corrected chi connectivity index (χ4v) is 1.71. The van der Waals surface area contributed by atoms with Crippen LogP contribution in [0.5, 0.6) is 0 Å². The van der Waals surface area contributed by atoms with Crippen LogP contribution >= 0.6 is 0 Å². The van der Waals surface area contributed by atoms with E-state index in [-0.39, 0.29) is 5.82 Å². The van der Waals surface area contributed by atoms with Gasteiger partial charge in [0.1, 0.15) is 12.0 Å². The summed E-state index contributed by atoms with van der Waals surface area (Å²) in [6, 6.07) is 1.64. The Morgan fingerprint density at radius 3 is 2.81 bits per heavy atom. The van der Waals surface area contributed by atoms with Crippen molar-refractivity contribution in [1.82, 2.24) is 9.97 Å². The number of carbonyl (C=O) groups is 1. The van der Waals surface area contributed by atoms with Gasteiger partial charge in [0.25, 0.3) is 0 Å². The van der Waals surface area contributed by atoms with Crippen LogP contribution in [-0.2, 0) is 0 Å². The molecule has 1 aromatic rings.